The van der Waals surface area contributed by atoms with Crippen molar-refractivity contribution >= 4 is 28.9 Å². The zero-order valence-electron chi connectivity index (χ0n) is 9.85. The highest BCUT2D eigenvalue weighted by Gasteiger charge is 2.53. The molecular formula is C11H15N5OS. The molecule has 18 heavy (non-hydrogen) atoms. The van der Waals surface area contributed by atoms with E-state index in [4.69, 9.17) is 18.0 Å². The smallest absolute Gasteiger partial charge is 0.238 e. The fraction of sp³-hybridized carbons (Fsp3) is 0.545. The number of hydrogen-bond acceptors (Lipinski definition) is 4. The fourth-order valence-corrected chi connectivity index (χ4v) is 2.39. The highest BCUT2D eigenvalue weighted by Crippen LogP contribution is 2.46. The lowest BCUT2D eigenvalue weighted by atomic mass is 10.1. The molecule has 2 fully saturated rings. The second-order valence-corrected chi connectivity index (χ2v) is 5.31. The second-order valence-electron chi connectivity index (χ2n) is 4.87. The Balaban J connectivity index is 1.75. The molecule has 1 saturated carbocycles. The molecule has 0 spiro atoms. The van der Waals surface area contributed by atoms with E-state index in [-0.39, 0.29) is 10.9 Å². The molecule has 1 aliphatic heterocycles. The number of thiocarbonyl (C=S) groups is 1. The molecule has 1 amide bonds. The summed E-state index contributed by atoms with van der Waals surface area (Å²) < 4.78 is 1.84. The van der Waals surface area contributed by atoms with E-state index in [9.17, 15) is 4.79 Å². The van der Waals surface area contributed by atoms with Crippen LogP contribution in [0, 0.1) is 5.41 Å². The molecule has 2 aliphatic rings. The maximum absolute atomic E-state index is 12.2. The molecule has 1 aromatic rings. The van der Waals surface area contributed by atoms with Gasteiger partial charge in [0, 0.05) is 19.2 Å². The average molecular weight is 265 g/mol. The predicted molar refractivity (Wildman–Crippen MR) is 71.2 cm³/mol. The van der Waals surface area contributed by atoms with Gasteiger partial charge in [0.2, 0.25) is 5.91 Å². The lowest BCUT2D eigenvalue weighted by molar-refractivity contribution is -0.119. The number of nitrogens with two attached hydrogens (primary N) is 1. The summed E-state index contributed by atoms with van der Waals surface area (Å²) in [6.45, 7) is 1.76. The molecule has 0 bridgehead atoms. The number of nitrogens with zero attached hydrogens (tertiary/aromatic N) is 2. The minimum absolute atomic E-state index is 0.107. The SMILES string of the molecule is NC(=S)C1(C(=O)Nc2ccnn2C2CNC2)CC1. The number of anilines is 1. The molecule has 7 heteroatoms. The first kappa shape index (κ1) is 11.6. The average Bonchev–Trinajstić information content (AvgIpc) is 2.96. The lowest BCUT2D eigenvalue weighted by Gasteiger charge is -2.29. The Morgan fingerprint density at radius 2 is 2.33 bits per heavy atom. The maximum atomic E-state index is 12.2. The molecular weight excluding hydrogens is 250 g/mol. The van der Waals surface area contributed by atoms with Gasteiger partial charge in [0.15, 0.2) is 0 Å². The molecule has 4 N–H and O–H groups in total. The van der Waals surface area contributed by atoms with Crippen molar-refractivity contribution in [2.75, 3.05) is 18.4 Å². The van der Waals surface area contributed by atoms with Gasteiger partial charge in [-0.15, -0.1) is 0 Å². The third-order valence-corrected chi connectivity index (χ3v) is 4.06. The van der Waals surface area contributed by atoms with E-state index in [0.29, 0.717) is 11.9 Å². The first-order valence-corrected chi connectivity index (χ1v) is 6.40. The van der Waals surface area contributed by atoms with Gasteiger partial charge in [-0.2, -0.15) is 5.10 Å². The summed E-state index contributed by atoms with van der Waals surface area (Å²) in [5, 5.41) is 10.3. The van der Waals surface area contributed by atoms with Gasteiger partial charge in [-0.3, -0.25) is 4.79 Å². The van der Waals surface area contributed by atoms with Gasteiger partial charge < -0.3 is 16.4 Å². The van der Waals surface area contributed by atoms with Crippen LogP contribution in [0.25, 0.3) is 0 Å². The zero-order chi connectivity index (χ0) is 12.8. The number of carbonyl (C=O) groups excluding carboxylic acids is 1. The van der Waals surface area contributed by atoms with E-state index in [1.54, 1.807) is 12.3 Å². The molecule has 1 aromatic heterocycles. The first-order chi connectivity index (χ1) is 8.63. The van der Waals surface area contributed by atoms with Crippen LogP contribution in [0.15, 0.2) is 12.3 Å². The molecule has 0 radical (unpaired) electrons. The fourth-order valence-electron chi connectivity index (χ4n) is 2.10. The minimum Gasteiger partial charge on any atom is -0.392 e. The standard InChI is InChI=1S/C11H15N5OS/c12-9(18)11(2-3-11)10(17)15-8-1-4-14-16(8)7-5-13-6-7/h1,4,7,13H,2-3,5-6H2,(H2,12,18)(H,15,17). The monoisotopic (exact) mass is 265 g/mol. The molecule has 2 heterocycles. The van der Waals surface area contributed by atoms with Gasteiger partial charge in [0.05, 0.1) is 22.6 Å². The molecule has 0 aromatic carbocycles. The van der Waals surface area contributed by atoms with Crippen LogP contribution in [-0.2, 0) is 4.79 Å². The first-order valence-electron chi connectivity index (χ1n) is 5.99. The predicted octanol–water partition coefficient (Wildman–Crippen LogP) is 0.0322. The van der Waals surface area contributed by atoms with Crippen LogP contribution in [0.5, 0.6) is 0 Å². The van der Waals surface area contributed by atoms with Crippen LogP contribution in [0.4, 0.5) is 5.82 Å². The number of amides is 1. The van der Waals surface area contributed by atoms with Gasteiger partial charge >= 0.3 is 0 Å². The summed E-state index contributed by atoms with van der Waals surface area (Å²) in [6, 6.07) is 2.11. The van der Waals surface area contributed by atoms with Gasteiger partial charge in [0.25, 0.3) is 0 Å². The Hall–Kier alpha value is -1.47. The van der Waals surface area contributed by atoms with Crippen molar-refractivity contribution in [1.29, 1.82) is 0 Å². The number of rotatable bonds is 4. The maximum Gasteiger partial charge on any atom is 0.238 e. The van der Waals surface area contributed by atoms with Gasteiger partial charge in [0.1, 0.15) is 5.82 Å². The third kappa shape index (κ3) is 1.70. The van der Waals surface area contributed by atoms with E-state index in [1.165, 1.54) is 0 Å². The van der Waals surface area contributed by atoms with Crippen molar-refractivity contribution in [3.05, 3.63) is 12.3 Å². The molecule has 3 rings (SSSR count). The largest absolute Gasteiger partial charge is 0.392 e. The normalized spacial score (nSPS) is 21.1. The van der Waals surface area contributed by atoms with Crippen LogP contribution in [0.1, 0.15) is 18.9 Å². The summed E-state index contributed by atoms with van der Waals surface area (Å²) in [4.78, 5) is 12.5. The summed E-state index contributed by atoms with van der Waals surface area (Å²) in [5.74, 6) is 0.609. The number of carbonyl (C=O) groups is 1. The zero-order valence-corrected chi connectivity index (χ0v) is 10.7. The summed E-state index contributed by atoms with van der Waals surface area (Å²) in [7, 11) is 0. The lowest BCUT2D eigenvalue weighted by Crippen LogP contribution is -2.44. The number of aromatic nitrogens is 2. The van der Waals surface area contributed by atoms with Crippen molar-refractivity contribution in [2.45, 2.75) is 18.9 Å². The van der Waals surface area contributed by atoms with Crippen molar-refractivity contribution in [3.8, 4) is 0 Å². The highest BCUT2D eigenvalue weighted by molar-refractivity contribution is 7.80. The summed E-state index contributed by atoms with van der Waals surface area (Å²) in [6.07, 6.45) is 3.18. The Kier molecular flexibility index (Phi) is 2.60. The molecule has 6 nitrogen and oxygen atoms in total. The van der Waals surface area contributed by atoms with Crippen molar-refractivity contribution in [1.82, 2.24) is 15.1 Å². The molecule has 96 valence electrons. The van der Waals surface area contributed by atoms with E-state index in [0.717, 1.165) is 25.9 Å². The van der Waals surface area contributed by atoms with Crippen molar-refractivity contribution in [3.63, 3.8) is 0 Å². The van der Waals surface area contributed by atoms with E-state index in [1.807, 2.05) is 4.68 Å². The molecule has 0 unspecified atom stereocenters. The van der Waals surface area contributed by atoms with E-state index < -0.39 is 5.41 Å². The number of nitrogens with one attached hydrogen (secondary N) is 2. The Bertz CT molecular complexity index is 503. The second kappa shape index (κ2) is 4.03. The Morgan fingerprint density at radius 3 is 2.83 bits per heavy atom. The Morgan fingerprint density at radius 1 is 1.61 bits per heavy atom. The Labute approximate surface area is 110 Å². The van der Waals surface area contributed by atoms with Gasteiger partial charge in [-0.1, -0.05) is 12.2 Å². The van der Waals surface area contributed by atoms with Gasteiger partial charge in [-0.05, 0) is 12.8 Å². The van der Waals surface area contributed by atoms with Crippen molar-refractivity contribution in [2.24, 2.45) is 11.1 Å². The third-order valence-electron chi connectivity index (χ3n) is 3.67. The van der Waals surface area contributed by atoms with Gasteiger partial charge in [-0.25, -0.2) is 4.68 Å². The topological polar surface area (TPSA) is 85.0 Å². The van der Waals surface area contributed by atoms with Crippen molar-refractivity contribution < 1.29 is 4.79 Å². The molecule has 1 aliphatic carbocycles. The van der Waals surface area contributed by atoms with Crippen LogP contribution >= 0.6 is 12.2 Å². The minimum atomic E-state index is -0.623. The number of hydrogen-bond donors (Lipinski definition) is 3. The van der Waals surface area contributed by atoms with Crippen LogP contribution in [-0.4, -0.2) is 33.8 Å². The van der Waals surface area contributed by atoms with Crippen LogP contribution in [0.2, 0.25) is 0 Å². The van der Waals surface area contributed by atoms with E-state index >= 15 is 0 Å². The molecule has 0 atom stereocenters. The van der Waals surface area contributed by atoms with Crippen LogP contribution in [0.3, 0.4) is 0 Å². The highest BCUT2D eigenvalue weighted by atomic mass is 32.1. The summed E-state index contributed by atoms with van der Waals surface area (Å²) >= 11 is 4.97. The summed E-state index contributed by atoms with van der Waals surface area (Å²) in [5.41, 5.74) is 5.01. The quantitative estimate of drug-likeness (QED) is 0.669. The molecule has 1 saturated heterocycles. The van der Waals surface area contributed by atoms with Crippen LogP contribution < -0.4 is 16.4 Å². The van der Waals surface area contributed by atoms with E-state index in [2.05, 4.69) is 15.7 Å².